The summed E-state index contributed by atoms with van der Waals surface area (Å²) in [4.78, 5) is 38.1. The van der Waals surface area contributed by atoms with E-state index in [-0.39, 0.29) is 42.2 Å². The number of carbonyl (C=O) groups is 3. The lowest BCUT2D eigenvalue weighted by atomic mass is 9.79. The predicted molar refractivity (Wildman–Crippen MR) is 108 cm³/mol. The highest BCUT2D eigenvalue weighted by molar-refractivity contribution is 7.90. The summed E-state index contributed by atoms with van der Waals surface area (Å²) < 4.78 is 34.1. The molecular weight excluding hydrogens is 410 g/mol. The van der Waals surface area contributed by atoms with Crippen molar-refractivity contribution >= 4 is 27.7 Å². The Morgan fingerprint density at radius 2 is 1.87 bits per heavy atom. The first-order valence-corrected chi connectivity index (χ1v) is 12.5. The predicted octanol–water partition coefficient (Wildman–Crippen LogP) is 0.296. The van der Waals surface area contributed by atoms with E-state index in [2.05, 4.69) is 10.0 Å². The summed E-state index contributed by atoms with van der Waals surface area (Å²) in [5, 5.41) is 1.89. The summed E-state index contributed by atoms with van der Waals surface area (Å²) in [6, 6.07) is -0.780. The molecule has 0 spiro atoms. The summed E-state index contributed by atoms with van der Waals surface area (Å²) in [7, 11) is -1.82. The third kappa shape index (κ3) is 4.27. The summed E-state index contributed by atoms with van der Waals surface area (Å²) >= 11 is 0. The molecule has 6 unspecified atom stereocenters. The minimum Gasteiger partial charge on any atom is -0.381 e. The van der Waals surface area contributed by atoms with E-state index in [9.17, 15) is 22.8 Å². The number of piperidine rings is 1. The van der Waals surface area contributed by atoms with Gasteiger partial charge in [0.15, 0.2) is 0 Å². The van der Waals surface area contributed by atoms with Gasteiger partial charge in [-0.2, -0.15) is 0 Å². The van der Waals surface area contributed by atoms with Gasteiger partial charge in [0.25, 0.3) is 0 Å². The Labute approximate surface area is 177 Å². The van der Waals surface area contributed by atoms with Crippen LogP contribution >= 0.6 is 0 Å². The summed E-state index contributed by atoms with van der Waals surface area (Å²) in [6.45, 7) is 0.448. The molecule has 2 aliphatic heterocycles. The van der Waals surface area contributed by atoms with Crippen LogP contribution in [0.15, 0.2) is 0 Å². The van der Waals surface area contributed by atoms with Gasteiger partial charge < -0.3 is 9.64 Å². The average Bonchev–Trinajstić information content (AvgIpc) is 3.03. The molecule has 30 heavy (non-hydrogen) atoms. The number of methoxy groups -OCH3 is 1. The lowest BCUT2D eigenvalue weighted by Gasteiger charge is -2.33. The molecule has 0 bridgehead atoms. The molecule has 10 heteroatoms. The molecule has 0 aromatic rings. The number of amides is 3. The number of carbonyl (C=O) groups excluding carboxylic acids is 3. The number of sulfonamides is 1. The molecule has 0 aromatic carbocycles. The van der Waals surface area contributed by atoms with Gasteiger partial charge in [-0.3, -0.25) is 19.7 Å². The van der Waals surface area contributed by atoms with E-state index in [1.807, 2.05) is 0 Å². The number of hydrogen-bond acceptors (Lipinski definition) is 6. The fourth-order valence-corrected chi connectivity index (χ4v) is 7.46. The zero-order chi connectivity index (χ0) is 21.5. The number of imide groups is 1. The topological polar surface area (TPSA) is 122 Å². The molecule has 0 radical (unpaired) electrons. The van der Waals surface area contributed by atoms with Gasteiger partial charge in [-0.15, -0.1) is 0 Å². The molecule has 6 atom stereocenters. The van der Waals surface area contributed by atoms with E-state index in [0.717, 1.165) is 12.8 Å². The molecule has 4 aliphatic rings. The first kappa shape index (κ1) is 21.7. The maximum absolute atomic E-state index is 12.9. The smallest absolute Gasteiger partial charge is 0.249 e. The SMILES string of the molecule is COC1CCCC(S(=O)(=O)NC2CCC3C(=O)N(C4CCC(=O)NC4=O)CC3C2)C1. The first-order valence-electron chi connectivity index (χ1n) is 11.0. The van der Waals surface area contributed by atoms with Crippen molar-refractivity contribution in [2.45, 2.75) is 81.2 Å². The van der Waals surface area contributed by atoms with Crippen molar-refractivity contribution in [3.8, 4) is 0 Å². The van der Waals surface area contributed by atoms with E-state index in [4.69, 9.17) is 4.74 Å². The summed E-state index contributed by atoms with van der Waals surface area (Å²) in [5.74, 6) is -0.870. The van der Waals surface area contributed by atoms with Gasteiger partial charge >= 0.3 is 0 Å². The Bertz CT molecular complexity index is 815. The van der Waals surface area contributed by atoms with E-state index in [0.29, 0.717) is 45.1 Å². The lowest BCUT2D eigenvalue weighted by Crippen LogP contribution is -2.53. The number of ether oxygens (including phenoxy) is 1. The molecule has 4 fully saturated rings. The second kappa shape index (κ2) is 8.55. The van der Waals surface area contributed by atoms with Gasteiger partial charge in [0, 0.05) is 32.0 Å². The van der Waals surface area contributed by atoms with Gasteiger partial charge in [0.2, 0.25) is 27.7 Å². The van der Waals surface area contributed by atoms with Gasteiger partial charge in [-0.1, -0.05) is 0 Å². The van der Waals surface area contributed by atoms with Crippen LogP contribution in [-0.2, 0) is 29.1 Å². The van der Waals surface area contributed by atoms with Crippen LogP contribution in [-0.4, -0.2) is 68.1 Å². The van der Waals surface area contributed by atoms with Gasteiger partial charge in [0.05, 0.1) is 11.4 Å². The normalized spacial score (nSPS) is 37.8. The Balaban J connectivity index is 1.37. The van der Waals surface area contributed by atoms with E-state index in [1.54, 1.807) is 12.0 Å². The number of nitrogens with zero attached hydrogens (tertiary/aromatic N) is 1. The molecule has 2 saturated carbocycles. The van der Waals surface area contributed by atoms with Gasteiger partial charge in [-0.25, -0.2) is 13.1 Å². The van der Waals surface area contributed by atoms with Crippen LogP contribution in [0.2, 0.25) is 0 Å². The van der Waals surface area contributed by atoms with Gasteiger partial charge in [0.1, 0.15) is 6.04 Å². The Hall–Kier alpha value is -1.52. The van der Waals surface area contributed by atoms with Crippen LogP contribution in [0.4, 0.5) is 0 Å². The lowest BCUT2D eigenvalue weighted by molar-refractivity contribution is -0.144. The van der Waals surface area contributed by atoms with Crippen molar-refractivity contribution in [1.82, 2.24) is 14.9 Å². The fourth-order valence-electron chi connectivity index (χ4n) is 5.64. The Morgan fingerprint density at radius 3 is 2.60 bits per heavy atom. The van der Waals surface area contributed by atoms with Crippen molar-refractivity contribution < 1.29 is 27.5 Å². The van der Waals surface area contributed by atoms with Crippen LogP contribution < -0.4 is 10.0 Å². The number of likely N-dealkylation sites (tertiary alicyclic amines) is 1. The summed E-state index contributed by atoms with van der Waals surface area (Å²) in [6.07, 6.45) is 5.33. The molecular formula is C20H31N3O6S. The minimum absolute atomic E-state index is 0.00871. The molecule has 4 rings (SSSR count). The van der Waals surface area contributed by atoms with Crippen LogP contribution in [0.1, 0.15) is 57.8 Å². The van der Waals surface area contributed by atoms with Crippen molar-refractivity contribution in [2.75, 3.05) is 13.7 Å². The van der Waals surface area contributed by atoms with Crippen LogP contribution in [0.25, 0.3) is 0 Å². The van der Waals surface area contributed by atoms with E-state index < -0.39 is 27.2 Å². The minimum atomic E-state index is -3.45. The van der Waals surface area contributed by atoms with Crippen molar-refractivity contribution in [2.24, 2.45) is 11.8 Å². The van der Waals surface area contributed by atoms with Gasteiger partial charge in [-0.05, 0) is 57.3 Å². The molecule has 2 heterocycles. The van der Waals surface area contributed by atoms with Crippen molar-refractivity contribution in [3.63, 3.8) is 0 Å². The molecule has 9 nitrogen and oxygen atoms in total. The number of rotatable bonds is 5. The Morgan fingerprint density at radius 1 is 1.07 bits per heavy atom. The third-order valence-electron chi connectivity index (χ3n) is 7.28. The molecule has 168 valence electrons. The molecule has 3 amide bonds. The van der Waals surface area contributed by atoms with Crippen molar-refractivity contribution in [3.05, 3.63) is 0 Å². The zero-order valence-electron chi connectivity index (χ0n) is 17.3. The molecule has 2 N–H and O–H groups in total. The number of nitrogens with one attached hydrogen (secondary N) is 2. The molecule has 2 aliphatic carbocycles. The highest BCUT2D eigenvalue weighted by Gasteiger charge is 2.48. The maximum Gasteiger partial charge on any atom is 0.249 e. The standard InChI is InChI=1S/C20H31N3O6S/c1-29-14-3-2-4-15(10-14)30(27,28)22-13-5-6-16-12(9-13)11-23(20(16)26)17-7-8-18(24)21-19(17)25/h12-17,22H,2-11H2,1H3,(H,21,24,25). The van der Waals surface area contributed by atoms with E-state index in [1.165, 1.54) is 0 Å². The zero-order valence-corrected chi connectivity index (χ0v) is 18.2. The second-order valence-electron chi connectivity index (χ2n) is 9.14. The van der Waals surface area contributed by atoms with E-state index >= 15 is 0 Å². The monoisotopic (exact) mass is 441 g/mol. The number of fused-ring (bicyclic) bond motifs is 1. The third-order valence-corrected chi connectivity index (χ3v) is 9.25. The van der Waals surface area contributed by atoms with Crippen LogP contribution in [0.3, 0.4) is 0 Å². The molecule has 2 saturated heterocycles. The summed E-state index contributed by atoms with van der Waals surface area (Å²) in [5.41, 5.74) is 0. The maximum atomic E-state index is 12.9. The fraction of sp³-hybridized carbons (Fsp3) is 0.850. The number of hydrogen-bond donors (Lipinski definition) is 2. The highest BCUT2D eigenvalue weighted by Crippen LogP contribution is 2.39. The second-order valence-corrected chi connectivity index (χ2v) is 11.1. The van der Waals surface area contributed by atoms with Crippen molar-refractivity contribution in [1.29, 1.82) is 0 Å². The molecule has 0 aromatic heterocycles. The first-order chi connectivity index (χ1) is 14.3. The largest absolute Gasteiger partial charge is 0.381 e. The highest BCUT2D eigenvalue weighted by atomic mass is 32.2. The van der Waals surface area contributed by atoms with Crippen LogP contribution in [0.5, 0.6) is 0 Å². The quantitative estimate of drug-likeness (QED) is 0.592. The van der Waals surface area contributed by atoms with Crippen LogP contribution in [0, 0.1) is 11.8 Å². The Kier molecular flexibility index (Phi) is 6.18. The average molecular weight is 442 g/mol.